The second kappa shape index (κ2) is 6.56. The lowest BCUT2D eigenvalue weighted by Crippen LogP contribution is -2.46. The van der Waals surface area contributed by atoms with Crippen molar-refractivity contribution in [1.82, 2.24) is 4.90 Å². The molecule has 1 aromatic rings. The van der Waals surface area contributed by atoms with Crippen molar-refractivity contribution in [1.29, 1.82) is 0 Å². The van der Waals surface area contributed by atoms with Gasteiger partial charge in [0.25, 0.3) is 5.91 Å². The molecule has 0 aliphatic carbocycles. The van der Waals surface area contributed by atoms with Gasteiger partial charge in [0.05, 0.1) is 8.07 Å². The highest BCUT2D eigenvalue weighted by molar-refractivity contribution is 6.89. The molecular formula is C14H24BNO3Si. The average molecular weight is 293 g/mol. The van der Waals surface area contributed by atoms with Crippen LogP contribution in [0.1, 0.15) is 24.2 Å². The van der Waals surface area contributed by atoms with Crippen molar-refractivity contribution >= 4 is 31.7 Å². The van der Waals surface area contributed by atoms with Crippen LogP contribution >= 0.6 is 0 Å². The molecule has 20 heavy (non-hydrogen) atoms. The first kappa shape index (κ1) is 16.9. The normalized spacial score (nSPS) is 11.3. The van der Waals surface area contributed by atoms with E-state index in [1.807, 2.05) is 19.9 Å². The number of carbonyl (C=O) groups is 1. The van der Waals surface area contributed by atoms with E-state index >= 15 is 0 Å². The van der Waals surface area contributed by atoms with Crippen LogP contribution in [-0.4, -0.2) is 49.1 Å². The number of hydrogen-bond donors (Lipinski definition) is 2. The lowest BCUT2D eigenvalue weighted by atomic mass is 9.76. The maximum Gasteiger partial charge on any atom is 0.489 e. The third-order valence-corrected chi connectivity index (χ3v) is 5.52. The van der Waals surface area contributed by atoms with Crippen molar-refractivity contribution in [3.05, 3.63) is 23.8 Å². The standard InChI is InChI=1S/C14H24BNO3Si/c1-6-16(7-2)14(17)12-9-8-11(20(3,4)5)10-13(12)15(18)19/h8-10,18-19H,6-7H2,1-5H3. The minimum Gasteiger partial charge on any atom is -0.423 e. The van der Waals surface area contributed by atoms with Gasteiger partial charge in [-0.05, 0) is 25.4 Å². The summed E-state index contributed by atoms with van der Waals surface area (Å²) in [6, 6.07) is 5.44. The van der Waals surface area contributed by atoms with Crippen molar-refractivity contribution < 1.29 is 14.8 Å². The van der Waals surface area contributed by atoms with Gasteiger partial charge >= 0.3 is 7.12 Å². The number of benzene rings is 1. The molecular weight excluding hydrogens is 269 g/mol. The van der Waals surface area contributed by atoms with E-state index in [0.29, 0.717) is 24.1 Å². The number of rotatable bonds is 5. The third kappa shape index (κ3) is 3.71. The van der Waals surface area contributed by atoms with Crippen LogP contribution in [0.25, 0.3) is 0 Å². The molecule has 0 radical (unpaired) electrons. The van der Waals surface area contributed by atoms with Gasteiger partial charge in [0, 0.05) is 18.7 Å². The van der Waals surface area contributed by atoms with E-state index < -0.39 is 15.2 Å². The van der Waals surface area contributed by atoms with Gasteiger partial charge in [-0.1, -0.05) is 37.0 Å². The minimum absolute atomic E-state index is 0.153. The molecule has 0 unspecified atom stereocenters. The largest absolute Gasteiger partial charge is 0.489 e. The van der Waals surface area contributed by atoms with Crippen LogP contribution < -0.4 is 10.6 Å². The highest BCUT2D eigenvalue weighted by atomic mass is 28.3. The zero-order chi connectivity index (χ0) is 15.5. The molecule has 0 bridgehead atoms. The molecule has 0 heterocycles. The summed E-state index contributed by atoms with van der Waals surface area (Å²) in [6.07, 6.45) is 0. The van der Waals surface area contributed by atoms with Gasteiger partial charge in [0.2, 0.25) is 0 Å². The number of hydrogen-bond acceptors (Lipinski definition) is 3. The second-order valence-corrected chi connectivity index (χ2v) is 11.0. The monoisotopic (exact) mass is 293 g/mol. The maximum absolute atomic E-state index is 12.4. The molecule has 0 saturated heterocycles. The Bertz CT molecular complexity index is 482. The molecule has 0 aliphatic heterocycles. The van der Waals surface area contributed by atoms with Crippen molar-refractivity contribution in [2.24, 2.45) is 0 Å². The molecule has 1 rings (SSSR count). The van der Waals surface area contributed by atoms with E-state index in [1.54, 1.807) is 17.0 Å². The van der Waals surface area contributed by atoms with E-state index in [0.717, 1.165) is 5.19 Å². The summed E-state index contributed by atoms with van der Waals surface area (Å²) in [5.41, 5.74) is 0.688. The summed E-state index contributed by atoms with van der Waals surface area (Å²) in [4.78, 5) is 14.1. The highest BCUT2D eigenvalue weighted by Gasteiger charge is 2.26. The maximum atomic E-state index is 12.4. The Morgan fingerprint density at radius 3 is 2.15 bits per heavy atom. The molecule has 0 saturated carbocycles. The first-order valence-corrected chi connectivity index (χ1v) is 10.5. The average Bonchev–Trinajstić information content (AvgIpc) is 2.38. The van der Waals surface area contributed by atoms with Crippen LogP contribution in [0.4, 0.5) is 0 Å². The van der Waals surface area contributed by atoms with E-state index in [9.17, 15) is 14.8 Å². The lowest BCUT2D eigenvalue weighted by Gasteiger charge is -2.23. The SMILES string of the molecule is CCN(CC)C(=O)c1ccc([Si](C)(C)C)cc1B(O)O. The quantitative estimate of drug-likeness (QED) is 0.772. The molecule has 1 aromatic carbocycles. The van der Waals surface area contributed by atoms with Crippen LogP contribution in [0.2, 0.25) is 19.6 Å². The summed E-state index contributed by atoms with van der Waals surface area (Å²) in [5, 5.41) is 20.3. The fourth-order valence-corrected chi connectivity index (χ4v) is 3.29. The van der Waals surface area contributed by atoms with E-state index in [2.05, 4.69) is 19.6 Å². The molecule has 0 spiro atoms. The van der Waals surface area contributed by atoms with Gasteiger partial charge in [-0.25, -0.2) is 0 Å². The molecule has 1 amide bonds. The lowest BCUT2D eigenvalue weighted by molar-refractivity contribution is 0.0774. The summed E-state index contributed by atoms with van der Waals surface area (Å²) >= 11 is 0. The van der Waals surface area contributed by atoms with E-state index in [-0.39, 0.29) is 5.91 Å². The fraction of sp³-hybridized carbons (Fsp3) is 0.500. The molecule has 2 N–H and O–H groups in total. The number of amides is 1. The fourth-order valence-electron chi connectivity index (χ4n) is 2.12. The van der Waals surface area contributed by atoms with Gasteiger partial charge in [-0.3, -0.25) is 4.79 Å². The number of carbonyl (C=O) groups excluding carboxylic acids is 1. The first-order valence-electron chi connectivity index (χ1n) is 7.02. The van der Waals surface area contributed by atoms with Crippen molar-refractivity contribution in [2.75, 3.05) is 13.1 Å². The van der Waals surface area contributed by atoms with Gasteiger partial charge < -0.3 is 14.9 Å². The second-order valence-electron chi connectivity index (χ2n) is 5.90. The minimum atomic E-state index is -1.62. The van der Waals surface area contributed by atoms with Crippen LogP contribution in [-0.2, 0) is 0 Å². The molecule has 0 aromatic heterocycles. The summed E-state index contributed by atoms with van der Waals surface area (Å²) in [5.74, 6) is -0.153. The Kier molecular flexibility index (Phi) is 5.56. The van der Waals surface area contributed by atoms with Crippen molar-refractivity contribution in [2.45, 2.75) is 33.5 Å². The zero-order valence-electron chi connectivity index (χ0n) is 13.0. The molecule has 4 nitrogen and oxygen atoms in total. The summed E-state index contributed by atoms with van der Waals surface area (Å²) in [7, 11) is -3.18. The van der Waals surface area contributed by atoms with Crippen molar-refractivity contribution in [3.8, 4) is 0 Å². The smallest absolute Gasteiger partial charge is 0.423 e. The van der Waals surface area contributed by atoms with Crippen LogP contribution in [0.15, 0.2) is 18.2 Å². The molecule has 0 aliphatic rings. The van der Waals surface area contributed by atoms with Gasteiger partial charge in [-0.2, -0.15) is 0 Å². The topological polar surface area (TPSA) is 60.8 Å². The van der Waals surface area contributed by atoms with Gasteiger partial charge in [-0.15, -0.1) is 0 Å². The first-order chi connectivity index (χ1) is 9.22. The predicted molar refractivity (Wildman–Crippen MR) is 86.5 cm³/mol. The molecule has 0 fully saturated rings. The Morgan fingerprint density at radius 1 is 1.20 bits per heavy atom. The summed E-state index contributed by atoms with van der Waals surface area (Å²) in [6.45, 7) is 11.6. The van der Waals surface area contributed by atoms with Gasteiger partial charge in [0.1, 0.15) is 0 Å². The zero-order valence-corrected chi connectivity index (χ0v) is 14.0. The van der Waals surface area contributed by atoms with Crippen LogP contribution in [0, 0.1) is 0 Å². The Morgan fingerprint density at radius 2 is 1.75 bits per heavy atom. The van der Waals surface area contributed by atoms with E-state index in [1.165, 1.54) is 0 Å². The molecule has 0 atom stereocenters. The molecule has 110 valence electrons. The summed E-state index contributed by atoms with van der Waals surface area (Å²) < 4.78 is 0. The predicted octanol–water partition coefficient (Wildman–Crippen LogP) is 0.394. The third-order valence-electron chi connectivity index (χ3n) is 3.48. The van der Waals surface area contributed by atoms with Gasteiger partial charge in [0.15, 0.2) is 0 Å². The Labute approximate surface area is 122 Å². The van der Waals surface area contributed by atoms with Crippen LogP contribution in [0.3, 0.4) is 0 Å². The van der Waals surface area contributed by atoms with E-state index in [4.69, 9.17) is 0 Å². The van der Waals surface area contributed by atoms with Crippen molar-refractivity contribution in [3.63, 3.8) is 0 Å². The molecule has 6 heteroatoms. The Balaban J connectivity index is 3.31. The highest BCUT2D eigenvalue weighted by Crippen LogP contribution is 2.07. The Hall–Kier alpha value is -1.11. The van der Waals surface area contributed by atoms with Crippen LogP contribution in [0.5, 0.6) is 0 Å². The number of nitrogens with zero attached hydrogens (tertiary/aromatic N) is 1.